The Kier molecular flexibility index (Phi) is 4.15. The summed E-state index contributed by atoms with van der Waals surface area (Å²) in [6.07, 6.45) is 0. The van der Waals surface area contributed by atoms with Gasteiger partial charge in [0.05, 0.1) is 10.6 Å². The van der Waals surface area contributed by atoms with Crippen molar-refractivity contribution in [2.45, 2.75) is 6.92 Å². The molecule has 0 spiro atoms. The number of imide groups is 1. The molecule has 1 aliphatic heterocycles. The van der Waals surface area contributed by atoms with Crippen molar-refractivity contribution >= 4 is 51.5 Å². The maximum absolute atomic E-state index is 12.7. The molecule has 23 heavy (non-hydrogen) atoms. The van der Waals surface area contributed by atoms with Gasteiger partial charge in [-0.25, -0.2) is 4.90 Å². The molecule has 2 N–H and O–H groups in total. The van der Waals surface area contributed by atoms with Gasteiger partial charge >= 0.3 is 0 Å². The van der Waals surface area contributed by atoms with Crippen molar-refractivity contribution in [3.8, 4) is 0 Å². The normalized spacial score (nSPS) is 16.9. The van der Waals surface area contributed by atoms with Crippen LogP contribution in [0.1, 0.15) is 12.5 Å². The number of hydrogen-bond donors (Lipinski definition) is 1. The maximum atomic E-state index is 12.7. The van der Waals surface area contributed by atoms with Gasteiger partial charge in [0.2, 0.25) is 0 Å². The first-order valence-corrected chi connectivity index (χ1v) is 8.05. The number of carbonyl (C=O) groups excluding carboxylic acids is 2. The van der Waals surface area contributed by atoms with Gasteiger partial charge in [0.15, 0.2) is 0 Å². The summed E-state index contributed by atoms with van der Waals surface area (Å²) < 4.78 is 0. The summed E-state index contributed by atoms with van der Waals surface area (Å²) in [6.45, 7) is 1.82. The van der Waals surface area contributed by atoms with Gasteiger partial charge in [-0.3, -0.25) is 9.59 Å². The fraction of sp³-hybridized carbons (Fsp3) is 0.0588. The number of thioether (sulfide) groups is 1. The van der Waals surface area contributed by atoms with Gasteiger partial charge in [-0.05, 0) is 66.2 Å². The van der Waals surface area contributed by atoms with E-state index in [1.165, 1.54) is 0 Å². The van der Waals surface area contributed by atoms with Crippen LogP contribution in [0.3, 0.4) is 0 Å². The Morgan fingerprint density at radius 2 is 1.65 bits per heavy atom. The van der Waals surface area contributed by atoms with E-state index in [-0.39, 0.29) is 11.1 Å². The van der Waals surface area contributed by atoms with Gasteiger partial charge in [0, 0.05) is 10.7 Å². The topological polar surface area (TPSA) is 63.4 Å². The molecule has 3 rings (SSSR count). The van der Waals surface area contributed by atoms with Crippen molar-refractivity contribution in [1.82, 2.24) is 0 Å². The lowest BCUT2D eigenvalue weighted by molar-refractivity contribution is -0.113. The van der Waals surface area contributed by atoms with Crippen molar-refractivity contribution in [3.63, 3.8) is 0 Å². The average molecular weight is 345 g/mol. The summed E-state index contributed by atoms with van der Waals surface area (Å²) in [7, 11) is 0. The van der Waals surface area contributed by atoms with Gasteiger partial charge in [-0.2, -0.15) is 0 Å². The third-order valence-electron chi connectivity index (χ3n) is 3.54. The molecule has 1 aliphatic rings. The second-order valence-corrected chi connectivity index (χ2v) is 6.46. The van der Waals surface area contributed by atoms with Crippen LogP contribution in [0.5, 0.6) is 0 Å². The molecule has 1 fully saturated rings. The largest absolute Gasteiger partial charge is 0.399 e. The van der Waals surface area contributed by atoms with Gasteiger partial charge in [0.1, 0.15) is 0 Å². The SMILES string of the molecule is C/C(=C1/SC(=O)N(c2ccc(Cl)cc2)C1=O)c1ccc(N)cc1. The first kappa shape index (κ1) is 15.6. The van der Waals surface area contributed by atoms with Crippen LogP contribution < -0.4 is 10.6 Å². The van der Waals surface area contributed by atoms with E-state index in [1.807, 2.05) is 19.1 Å². The van der Waals surface area contributed by atoms with Crippen LogP contribution in [-0.2, 0) is 4.79 Å². The highest BCUT2D eigenvalue weighted by Crippen LogP contribution is 2.39. The molecule has 0 saturated carbocycles. The van der Waals surface area contributed by atoms with Crippen LogP contribution in [0.2, 0.25) is 5.02 Å². The fourth-order valence-corrected chi connectivity index (χ4v) is 3.30. The number of nitrogens with two attached hydrogens (primary N) is 1. The molecule has 0 radical (unpaired) electrons. The number of allylic oxidation sites excluding steroid dienone is 1. The molecular formula is C17H13ClN2O2S. The molecule has 0 aromatic heterocycles. The molecule has 1 heterocycles. The van der Waals surface area contributed by atoms with Crippen molar-refractivity contribution in [2.24, 2.45) is 0 Å². The Balaban J connectivity index is 1.98. The minimum atomic E-state index is -0.323. The lowest BCUT2D eigenvalue weighted by Crippen LogP contribution is -2.27. The number of rotatable bonds is 2. The minimum absolute atomic E-state index is 0.317. The molecule has 6 heteroatoms. The second kappa shape index (κ2) is 6.10. The smallest absolute Gasteiger partial charge is 0.298 e. The van der Waals surface area contributed by atoms with Gasteiger partial charge < -0.3 is 5.73 Å². The van der Waals surface area contributed by atoms with Crippen LogP contribution in [0, 0.1) is 0 Å². The summed E-state index contributed by atoms with van der Waals surface area (Å²) >= 11 is 6.79. The Morgan fingerprint density at radius 3 is 2.26 bits per heavy atom. The van der Waals surface area contributed by atoms with Gasteiger partial charge in [-0.15, -0.1) is 0 Å². The van der Waals surface area contributed by atoms with E-state index >= 15 is 0 Å². The number of carbonyl (C=O) groups is 2. The van der Waals surface area contributed by atoms with E-state index in [9.17, 15) is 9.59 Å². The Labute approximate surface area is 142 Å². The van der Waals surface area contributed by atoms with E-state index in [1.54, 1.807) is 36.4 Å². The monoisotopic (exact) mass is 344 g/mol. The zero-order valence-corrected chi connectivity index (χ0v) is 13.8. The fourth-order valence-electron chi connectivity index (χ4n) is 2.28. The van der Waals surface area contributed by atoms with E-state index < -0.39 is 0 Å². The molecule has 116 valence electrons. The molecule has 4 nitrogen and oxygen atoms in total. The molecular weight excluding hydrogens is 332 g/mol. The van der Waals surface area contributed by atoms with Gasteiger partial charge in [-0.1, -0.05) is 23.7 Å². The predicted octanol–water partition coefficient (Wildman–Crippen LogP) is 4.55. The third kappa shape index (κ3) is 2.98. The van der Waals surface area contributed by atoms with Crippen LogP contribution in [-0.4, -0.2) is 11.1 Å². The molecule has 2 aromatic carbocycles. The van der Waals surface area contributed by atoms with Crippen LogP contribution in [0.15, 0.2) is 53.4 Å². The number of anilines is 2. The molecule has 0 atom stereocenters. The van der Waals surface area contributed by atoms with Crippen molar-refractivity contribution in [2.75, 3.05) is 10.6 Å². The standard InChI is InChI=1S/C17H13ClN2O2S/c1-10(11-2-6-13(19)7-3-11)15-16(21)20(17(22)23-15)14-8-4-12(18)5-9-14/h2-9H,19H2,1H3/b15-10-. The number of benzene rings is 2. The minimum Gasteiger partial charge on any atom is -0.399 e. The summed E-state index contributed by atoms with van der Waals surface area (Å²) in [4.78, 5) is 26.5. The average Bonchev–Trinajstić information content (AvgIpc) is 2.83. The highest BCUT2D eigenvalue weighted by atomic mass is 35.5. The Morgan fingerprint density at radius 1 is 1.04 bits per heavy atom. The van der Waals surface area contributed by atoms with Crippen LogP contribution >= 0.6 is 23.4 Å². The lowest BCUT2D eigenvalue weighted by atomic mass is 10.1. The van der Waals surface area contributed by atoms with E-state index in [2.05, 4.69) is 0 Å². The number of halogens is 1. The Bertz CT molecular complexity index is 813. The maximum Gasteiger partial charge on any atom is 0.298 e. The molecule has 2 aromatic rings. The second-order valence-electron chi connectivity index (χ2n) is 5.06. The van der Waals surface area contributed by atoms with Crippen molar-refractivity contribution < 1.29 is 9.59 Å². The number of nitrogens with zero attached hydrogens (tertiary/aromatic N) is 1. The summed E-state index contributed by atoms with van der Waals surface area (Å²) in [5, 5.41) is 0.233. The van der Waals surface area contributed by atoms with E-state index in [0.29, 0.717) is 21.3 Å². The molecule has 1 saturated heterocycles. The highest BCUT2D eigenvalue weighted by molar-refractivity contribution is 8.19. The lowest BCUT2D eigenvalue weighted by Gasteiger charge is -2.12. The zero-order valence-electron chi connectivity index (χ0n) is 12.2. The predicted molar refractivity (Wildman–Crippen MR) is 95.4 cm³/mol. The summed E-state index contributed by atoms with van der Waals surface area (Å²) in [6, 6.07) is 13.8. The third-order valence-corrected chi connectivity index (χ3v) is 4.83. The number of hydrogen-bond acceptors (Lipinski definition) is 4. The van der Waals surface area contributed by atoms with Crippen molar-refractivity contribution in [3.05, 3.63) is 64.0 Å². The quantitative estimate of drug-likeness (QED) is 0.641. The number of amides is 2. The van der Waals surface area contributed by atoms with Crippen LogP contribution in [0.4, 0.5) is 16.2 Å². The highest BCUT2D eigenvalue weighted by Gasteiger charge is 2.37. The van der Waals surface area contributed by atoms with Gasteiger partial charge in [0.25, 0.3) is 11.1 Å². The van der Waals surface area contributed by atoms with E-state index in [0.717, 1.165) is 27.8 Å². The first-order valence-electron chi connectivity index (χ1n) is 6.86. The summed E-state index contributed by atoms with van der Waals surface area (Å²) in [5.41, 5.74) is 8.45. The van der Waals surface area contributed by atoms with E-state index in [4.69, 9.17) is 17.3 Å². The van der Waals surface area contributed by atoms with Crippen molar-refractivity contribution in [1.29, 1.82) is 0 Å². The Hall–Kier alpha value is -2.24. The molecule has 2 amide bonds. The first-order chi connectivity index (χ1) is 11.0. The zero-order chi connectivity index (χ0) is 16.6. The van der Waals surface area contributed by atoms with Crippen LogP contribution in [0.25, 0.3) is 5.57 Å². The molecule has 0 bridgehead atoms. The summed E-state index contributed by atoms with van der Waals surface area (Å²) in [5.74, 6) is -0.323. The molecule has 0 aliphatic carbocycles. The number of nitrogen functional groups attached to an aromatic ring is 1. The molecule has 0 unspecified atom stereocenters.